The van der Waals surface area contributed by atoms with Crippen LogP contribution >= 0.6 is 0 Å². The zero-order valence-electron chi connectivity index (χ0n) is 33.0. The van der Waals surface area contributed by atoms with E-state index in [0.29, 0.717) is 5.56 Å². The van der Waals surface area contributed by atoms with E-state index in [4.69, 9.17) is 30.1 Å². The molecule has 2 atom stereocenters. The summed E-state index contributed by atoms with van der Waals surface area (Å²) < 4.78 is 24.0. The number of fused-ring (bicyclic) bond motifs is 4. The molecular weight excluding hydrogens is 737 g/mol. The molecule has 0 fully saturated rings. The molecule has 4 aromatic carbocycles. The molecule has 0 saturated carbocycles. The summed E-state index contributed by atoms with van der Waals surface area (Å²) in [6, 6.07) is 16.1. The number of phenols is 1. The number of phenolic OH excluding ortho intramolecular Hbond substituents is 1. The van der Waals surface area contributed by atoms with Crippen LogP contribution in [-0.4, -0.2) is 46.2 Å². The van der Waals surface area contributed by atoms with E-state index in [9.17, 15) is 19.5 Å². The van der Waals surface area contributed by atoms with Gasteiger partial charge < -0.3 is 45.2 Å². The Morgan fingerprint density at radius 3 is 1.76 bits per heavy atom. The van der Waals surface area contributed by atoms with Crippen molar-refractivity contribution in [2.75, 3.05) is 7.11 Å². The molecule has 7 aromatic rings. The van der Waals surface area contributed by atoms with Gasteiger partial charge in [-0.25, -0.2) is 9.59 Å². The van der Waals surface area contributed by atoms with Crippen LogP contribution in [0.15, 0.2) is 106 Å². The number of esters is 2. The number of nitrogens with one attached hydrogen (secondary N) is 2. The minimum atomic E-state index is -1.05. The first kappa shape index (κ1) is 39.6. The molecule has 12 heteroatoms. The van der Waals surface area contributed by atoms with Crippen LogP contribution in [0.5, 0.6) is 23.0 Å². The van der Waals surface area contributed by atoms with Crippen molar-refractivity contribution in [1.29, 1.82) is 0 Å². The molecule has 3 aromatic heterocycles. The Labute approximate surface area is 334 Å². The molecule has 0 radical (unpaired) electrons. The maximum Gasteiger partial charge on any atom is 0.328 e. The van der Waals surface area contributed by atoms with Crippen molar-refractivity contribution < 1.29 is 33.3 Å². The summed E-state index contributed by atoms with van der Waals surface area (Å²) in [5.74, 6) is -1.74. The molecule has 7 N–H and O–H groups in total. The number of aromatic nitrogens is 2. The quantitative estimate of drug-likeness (QED) is 0.0336. The molecule has 0 amide bonds. The van der Waals surface area contributed by atoms with Crippen LogP contribution < -0.4 is 31.1 Å². The molecule has 58 heavy (non-hydrogen) atoms. The van der Waals surface area contributed by atoms with E-state index in [0.717, 1.165) is 44.1 Å². The standard InChI is InChI=1S/C46H46N4O8/c1-24(2)14-16-30-36(57-45(53)32(47)18-26-22-49-34-12-8-6-10-28(26)34)20-38-41(42(30)51)43(52)40-31(17-15-25(3)4)44(55-5)39(21-37(40)56-38)58-46(54)33(48)19-27-23-50-35-13-9-7-11-29(27)35/h6-15,20-23,32-33,49-51H,16-19,47-48H2,1-5H3/t32-,33-/m1/s1. The number of allylic oxidation sites excluding steroid dienone is 4. The van der Waals surface area contributed by atoms with Gasteiger partial charge in [0.05, 0.1) is 12.5 Å². The van der Waals surface area contributed by atoms with E-state index in [2.05, 4.69) is 9.97 Å². The van der Waals surface area contributed by atoms with Gasteiger partial charge in [-0.2, -0.15) is 0 Å². The first-order chi connectivity index (χ1) is 27.8. The lowest BCUT2D eigenvalue weighted by atomic mass is 9.98. The number of carbonyl (C=O) groups is 2. The number of aromatic amines is 2. The first-order valence-electron chi connectivity index (χ1n) is 19.0. The Morgan fingerprint density at radius 1 is 0.741 bits per heavy atom. The van der Waals surface area contributed by atoms with Gasteiger partial charge in [-0.1, -0.05) is 59.7 Å². The fourth-order valence-electron chi connectivity index (χ4n) is 7.21. The van der Waals surface area contributed by atoms with Crippen molar-refractivity contribution >= 4 is 55.7 Å². The normalized spacial score (nSPS) is 12.5. The van der Waals surface area contributed by atoms with Gasteiger partial charge in [-0.3, -0.25) is 4.79 Å². The second kappa shape index (κ2) is 16.5. The number of aromatic hydroxyl groups is 1. The minimum absolute atomic E-state index is 0.00617. The largest absolute Gasteiger partial charge is 0.507 e. The number of hydrogen-bond donors (Lipinski definition) is 5. The average Bonchev–Trinajstić information content (AvgIpc) is 3.80. The lowest BCUT2D eigenvalue weighted by molar-refractivity contribution is -0.136. The molecule has 3 heterocycles. The van der Waals surface area contributed by atoms with E-state index in [1.54, 1.807) is 0 Å². The molecule has 0 aliphatic carbocycles. The monoisotopic (exact) mass is 782 g/mol. The van der Waals surface area contributed by atoms with E-state index < -0.39 is 35.2 Å². The predicted molar refractivity (Wildman–Crippen MR) is 226 cm³/mol. The number of nitrogens with two attached hydrogens (primary N) is 2. The highest BCUT2D eigenvalue weighted by molar-refractivity contribution is 5.99. The van der Waals surface area contributed by atoms with E-state index in [1.165, 1.54) is 19.2 Å². The van der Waals surface area contributed by atoms with Crippen LogP contribution in [0.2, 0.25) is 0 Å². The molecule has 0 spiro atoms. The number of carbonyl (C=O) groups excluding carboxylic acids is 2. The van der Waals surface area contributed by atoms with Crippen LogP contribution in [0.3, 0.4) is 0 Å². The zero-order chi connectivity index (χ0) is 41.2. The van der Waals surface area contributed by atoms with Crippen molar-refractivity contribution in [2.45, 2.75) is 65.5 Å². The Bertz CT molecular complexity index is 2830. The van der Waals surface area contributed by atoms with Gasteiger partial charge in [-0.15, -0.1) is 0 Å². The van der Waals surface area contributed by atoms with Gasteiger partial charge in [-0.05, 0) is 63.8 Å². The molecule has 298 valence electrons. The number of H-pyrrole nitrogens is 2. The number of para-hydroxylation sites is 2. The topological polar surface area (TPSA) is 196 Å². The lowest BCUT2D eigenvalue weighted by Gasteiger charge is -2.18. The van der Waals surface area contributed by atoms with Gasteiger partial charge in [0.15, 0.2) is 11.5 Å². The highest BCUT2D eigenvalue weighted by Gasteiger charge is 2.28. The molecular formula is C46H46N4O8. The van der Waals surface area contributed by atoms with Crippen molar-refractivity contribution in [3.8, 4) is 23.0 Å². The molecule has 0 aliphatic heterocycles. The van der Waals surface area contributed by atoms with Crippen LogP contribution in [0.4, 0.5) is 0 Å². The third kappa shape index (κ3) is 7.84. The number of benzene rings is 4. The van der Waals surface area contributed by atoms with Gasteiger partial charge >= 0.3 is 11.9 Å². The second-order valence-electron chi connectivity index (χ2n) is 14.9. The van der Waals surface area contributed by atoms with Crippen molar-refractivity contribution in [3.05, 3.63) is 129 Å². The summed E-state index contributed by atoms with van der Waals surface area (Å²) in [6.45, 7) is 7.61. The number of rotatable bonds is 13. The van der Waals surface area contributed by atoms with Crippen molar-refractivity contribution in [2.24, 2.45) is 11.5 Å². The Balaban J connectivity index is 1.30. The number of methoxy groups -OCH3 is 1. The van der Waals surface area contributed by atoms with Gasteiger partial charge in [0.1, 0.15) is 40.1 Å². The molecule has 0 saturated heterocycles. The Morgan fingerprint density at radius 2 is 1.22 bits per heavy atom. The minimum Gasteiger partial charge on any atom is -0.507 e. The second-order valence-corrected chi connectivity index (χ2v) is 14.9. The highest BCUT2D eigenvalue weighted by atomic mass is 16.6. The maximum absolute atomic E-state index is 14.6. The van der Waals surface area contributed by atoms with Crippen LogP contribution in [-0.2, 0) is 35.3 Å². The Kier molecular flexibility index (Phi) is 11.2. The third-order valence-corrected chi connectivity index (χ3v) is 10.2. The summed E-state index contributed by atoms with van der Waals surface area (Å²) in [7, 11) is 1.41. The van der Waals surface area contributed by atoms with Crippen molar-refractivity contribution in [1.82, 2.24) is 9.97 Å². The molecule has 12 nitrogen and oxygen atoms in total. The Hall–Kier alpha value is -6.63. The number of hydrogen-bond acceptors (Lipinski definition) is 10. The van der Waals surface area contributed by atoms with E-state index in [1.807, 2.05) is 101 Å². The van der Waals surface area contributed by atoms with Crippen molar-refractivity contribution in [3.63, 3.8) is 0 Å². The summed E-state index contributed by atoms with van der Waals surface area (Å²) in [5, 5.41) is 13.8. The predicted octanol–water partition coefficient (Wildman–Crippen LogP) is 7.59. The summed E-state index contributed by atoms with van der Waals surface area (Å²) >= 11 is 0. The van der Waals surface area contributed by atoms with E-state index >= 15 is 0 Å². The highest BCUT2D eigenvalue weighted by Crippen LogP contribution is 2.42. The maximum atomic E-state index is 14.6. The van der Waals surface area contributed by atoms with Gasteiger partial charge in [0.25, 0.3) is 0 Å². The fraction of sp³-hybridized carbons (Fsp3) is 0.239. The first-order valence-corrected chi connectivity index (χ1v) is 19.0. The van der Waals surface area contributed by atoms with Crippen LogP contribution in [0.25, 0.3) is 43.7 Å². The fourth-order valence-corrected chi connectivity index (χ4v) is 7.21. The SMILES string of the molecule is COc1c(OC(=O)[C@H](N)Cc2c[nH]c3ccccc23)cc2oc3cc(OC(=O)[C@H](N)Cc4c[nH]c5ccccc45)c(CC=C(C)C)c(O)c3c(=O)c2c1CC=C(C)C. The summed E-state index contributed by atoms with van der Waals surface area (Å²) in [6.07, 6.45) is 8.11. The average molecular weight is 783 g/mol. The zero-order valence-corrected chi connectivity index (χ0v) is 33.0. The molecule has 0 bridgehead atoms. The van der Waals surface area contributed by atoms with Gasteiger partial charge in [0.2, 0.25) is 5.43 Å². The smallest absolute Gasteiger partial charge is 0.328 e. The summed E-state index contributed by atoms with van der Waals surface area (Å²) in [5.41, 5.74) is 18.3. The van der Waals surface area contributed by atoms with Gasteiger partial charge in [0, 0.05) is 70.3 Å². The third-order valence-electron chi connectivity index (χ3n) is 10.2. The lowest BCUT2D eigenvalue weighted by Crippen LogP contribution is -2.36. The molecule has 0 aliphatic rings. The van der Waals surface area contributed by atoms with Crippen LogP contribution in [0.1, 0.15) is 49.9 Å². The summed E-state index contributed by atoms with van der Waals surface area (Å²) in [4.78, 5) is 48.1. The molecule has 0 unspecified atom stereocenters. The molecule has 7 rings (SSSR count). The van der Waals surface area contributed by atoms with E-state index in [-0.39, 0.29) is 70.4 Å². The van der Waals surface area contributed by atoms with Crippen LogP contribution in [0, 0.1) is 0 Å². The number of ether oxygens (including phenoxy) is 3.